The summed E-state index contributed by atoms with van der Waals surface area (Å²) in [6, 6.07) is 2.38. The molecule has 3 rings (SSSR count). The molecule has 3 heterocycles. The molecule has 0 amide bonds. The quantitative estimate of drug-likeness (QED) is 0.816. The van der Waals surface area contributed by atoms with Gasteiger partial charge in [0.1, 0.15) is 0 Å². The first-order valence-electron chi connectivity index (χ1n) is 7.43. The third-order valence-electron chi connectivity index (χ3n) is 4.04. The van der Waals surface area contributed by atoms with E-state index in [1.807, 2.05) is 25.5 Å². The molecule has 1 saturated heterocycles. The lowest BCUT2D eigenvalue weighted by Gasteiger charge is -2.22. The molecule has 1 aliphatic rings. The summed E-state index contributed by atoms with van der Waals surface area (Å²) in [5.41, 5.74) is 2.16. The number of nitrogens with zero attached hydrogens (tertiary/aromatic N) is 4. The van der Waals surface area contributed by atoms with E-state index < -0.39 is 0 Å². The van der Waals surface area contributed by atoms with Gasteiger partial charge in [0.25, 0.3) is 0 Å². The van der Waals surface area contributed by atoms with Crippen LogP contribution in [0.5, 0.6) is 0 Å². The first-order chi connectivity index (χ1) is 10.3. The van der Waals surface area contributed by atoms with Gasteiger partial charge >= 0.3 is 0 Å². The largest absolute Gasteiger partial charge is 0.383 e. The van der Waals surface area contributed by atoms with Gasteiger partial charge in [-0.1, -0.05) is 5.16 Å². The number of hydrogen-bond donors (Lipinski definition) is 0. The zero-order chi connectivity index (χ0) is 14.7. The van der Waals surface area contributed by atoms with Crippen LogP contribution in [0.1, 0.15) is 36.0 Å². The van der Waals surface area contributed by atoms with Gasteiger partial charge in [-0.3, -0.25) is 4.90 Å². The molecule has 6 heteroatoms. The molecule has 0 bridgehead atoms. The fourth-order valence-electron chi connectivity index (χ4n) is 2.96. The average Bonchev–Trinajstić information content (AvgIpc) is 3.18. The molecule has 1 atom stereocenters. The zero-order valence-corrected chi connectivity index (χ0v) is 12.7. The van der Waals surface area contributed by atoms with Crippen molar-refractivity contribution in [2.45, 2.75) is 38.9 Å². The average molecular weight is 290 g/mol. The van der Waals surface area contributed by atoms with Gasteiger partial charge in [0, 0.05) is 32.5 Å². The molecule has 2 aromatic heterocycles. The molecule has 21 heavy (non-hydrogen) atoms. The minimum absolute atomic E-state index is 0.331. The normalized spacial score (nSPS) is 19.4. The molecule has 2 aromatic rings. The molecule has 0 saturated carbocycles. The highest BCUT2D eigenvalue weighted by Gasteiger charge is 2.29. The molecule has 0 unspecified atom stereocenters. The summed E-state index contributed by atoms with van der Waals surface area (Å²) in [4.78, 5) is 6.71. The van der Waals surface area contributed by atoms with Crippen molar-refractivity contribution in [1.82, 2.24) is 19.6 Å². The standard InChI is InChI=1S/C15H22N4O2/c1-12-8-15(21-17-12)14-4-3-5-18(14)10-13-9-16-11-19(13)6-7-20-2/h8-9,11,14H,3-7,10H2,1-2H3/t14-/m1/s1. The molecular formula is C15H22N4O2. The number of methoxy groups -OCH3 is 1. The molecule has 114 valence electrons. The first-order valence-corrected chi connectivity index (χ1v) is 7.43. The maximum Gasteiger partial charge on any atom is 0.154 e. The highest BCUT2D eigenvalue weighted by atomic mass is 16.5. The molecule has 0 aromatic carbocycles. The zero-order valence-electron chi connectivity index (χ0n) is 12.7. The summed E-state index contributed by atoms with van der Waals surface area (Å²) in [5.74, 6) is 0.980. The Morgan fingerprint density at radius 2 is 2.38 bits per heavy atom. The summed E-state index contributed by atoms with van der Waals surface area (Å²) in [7, 11) is 1.72. The highest BCUT2D eigenvalue weighted by Crippen LogP contribution is 2.33. The number of likely N-dealkylation sites (tertiary alicyclic amines) is 1. The number of ether oxygens (including phenoxy) is 1. The highest BCUT2D eigenvalue weighted by molar-refractivity contribution is 5.10. The van der Waals surface area contributed by atoms with Crippen molar-refractivity contribution in [3.63, 3.8) is 0 Å². The molecular weight excluding hydrogens is 268 g/mol. The Kier molecular flexibility index (Phi) is 4.36. The first kappa shape index (κ1) is 14.3. The lowest BCUT2D eigenvalue weighted by atomic mass is 10.1. The summed E-state index contributed by atoms with van der Waals surface area (Å²) in [6.45, 7) is 5.47. The second kappa shape index (κ2) is 6.41. The van der Waals surface area contributed by atoms with Crippen molar-refractivity contribution >= 4 is 0 Å². The Morgan fingerprint density at radius 1 is 1.48 bits per heavy atom. The van der Waals surface area contributed by atoms with E-state index in [4.69, 9.17) is 9.26 Å². The van der Waals surface area contributed by atoms with Gasteiger partial charge < -0.3 is 13.8 Å². The van der Waals surface area contributed by atoms with Crippen LogP contribution >= 0.6 is 0 Å². The van der Waals surface area contributed by atoms with Crippen LogP contribution in [0.3, 0.4) is 0 Å². The molecule has 0 N–H and O–H groups in total. The second-order valence-corrected chi connectivity index (χ2v) is 5.57. The maximum absolute atomic E-state index is 5.46. The van der Waals surface area contributed by atoms with E-state index in [2.05, 4.69) is 19.6 Å². The number of aromatic nitrogens is 3. The summed E-state index contributed by atoms with van der Waals surface area (Å²) >= 11 is 0. The topological polar surface area (TPSA) is 56.3 Å². The summed E-state index contributed by atoms with van der Waals surface area (Å²) in [6.07, 6.45) is 6.13. The fraction of sp³-hybridized carbons (Fsp3) is 0.600. The van der Waals surface area contributed by atoms with E-state index >= 15 is 0 Å². The van der Waals surface area contributed by atoms with Crippen LogP contribution in [0.4, 0.5) is 0 Å². The number of rotatable bonds is 6. The Labute approximate surface area is 124 Å². The maximum atomic E-state index is 5.46. The van der Waals surface area contributed by atoms with Gasteiger partial charge in [-0.15, -0.1) is 0 Å². The van der Waals surface area contributed by atoms with E-state index in [0.717, 1.165) is 37.5 Å². The summed E-state index contributed by atoms with van der Waals surface area (Å²) < 4.78 is 12.8. The Morgan fingerprint density at radius 3 is 3.14 bits per heavy atom. The van der Waals surface area contributed by atoms with Gasteiger partial charge in [0.05, 0.1) is 30.4 Å². The van der Waals surface area contributed by atoms with Gasteiger partial charge in [-0.2, -0.15) is 0 Å². The minimum Gasteiger partial charge on any atom is -0.383 e. The number of aryl methyl sites for hydroxylation is 1. The Bertz CT molecular complexity index is 578. The molecule has 1 aliphatic heterocycles. The van der Waals surface area contributed by atoms with Crippen molar-refractivity contribution in [2.75, 3.05) is 20.3 Å². The molecule has 0 radical (unpaired) electrons. The molecule has 6 nitrogen and oxygen atoms in total. The van der Waals surface area contributed by atoms with Crippen molar-refractivity contribution in [3.8, 4) is 0 Å². The van der Waals surface area contributed by atoms with Gasteiger partial charge in [0.2, 0.25) is 0 Å². The van der Waals surface area contributed by atoms with Crippen LogP contribution in [0.15, 0.2) is 23.1 Å². The summed E-state index contributed by atoms with van der Waals surface area (Å²) in [5, 5.41) is 4.02. The van der Waals surface area contributed by atoms with Crippen molar-refractivity contribution in [3.05, 3.63) is 35.7 Å². The van der Waals surface area contributed by atoms with Crippen LogP contribution in [-0.2, 0) is 17.8 Å². The molecule has 1 fully saturated rings. The monoisotopic (exact) mass is 290 g/mol. The Balaban J connectivity index is 1.70. The predicted octanol–water partition coefficient (Wildman–Crippen LogP) is 2.16. The van der Waals surface area contributed by atoms with Crippen LogP contribution in [0.25, 0.3) is 0 Å². The van der Waals surface area contributed by atoms with E-state index in [-0.39, 0.29) is 0 Å². The lowest BCUT2D eigenvalue weighted by molar-refractivity contribution is 0.179. The lowest BCUT2D eigenvalue weighted by Crippen LogP contribution is -2.24. The fourth-order valence-corrected chi connectivity index (χ4v) is 2.96. The minimum atomic E-state index is 0.331. The van der Waals surface area contributed by atoms with Crippen molar-refractivity contribution < 1.29 is 9.26 Å². The Hall–Kier alpha value is -1.66. The van der Waals surface area contributed by atoms with Crippen molar-refractivity contribution in [1.29, 1.82) is 0 Å². The smallest absolute Gasteiger partial charge is 0.154 e. The molecule has 0 spiro atoms. The van der Waals surface area contributed by atoms with E-state index in [1.54, 1.807) is 7.11 Å². The molecule has 0 aliphatic carbocycles. The van der Waals surface area contributed by atoms with E-state index in [0.29, 0.717) is 12.6 Å². The second-order valence-electron chi connectivity index (χ2n) is 5.57. The third kappa shape index (κ3) is 3.16. The van der Waals surface area contributed by atoms with E-state index in [1.165, 1.54) is 12.1 Å². The number of hydrogen-bond acceptors (Lipinski definition) is 5. The third-order valence-corrected chi connectivity index (χ3v) is 4.04. The van der Waals surface area contributed by atoms with Crippen LogP contribution in [-0.4, -0.2) is 39.9 Å². The predicted molar refractivity (Wildman–Crippen MR) is 77.7 cm³/mol. The SMILES string of the molecule is COCCn1cncc1CN1CCC[C@@H]1c1cc(C)no1. The van der Waals surface area contributed by atoms with Crippen molar-refractivity contribution in [2.24, 2.45) is 0 Å². The van der Waals surface area contributed by atoms with Gasteiger partial charge in [0.15, 0.2) is 5.76 Å². The van der Waals surface area contributed by atoms with E-state index in [9.17, 15) is 0 Å². The van der Waals surface area contributed by atoms with Crippen LogP contribution in [0, 0.1) is 6.92 Å². The number of imidazole rings is 1. The van der Waals surface area contributed by atoms with Gasteiger partial charge in [-0.25, -0.2) is 4.98 Å². The van der Waals surface area contributed by atoms with Crippen LogP contribution < -0.4 is 0 Å². The van der Waals surface area contributed by atoms with Crippen LogP contribution in [0.2, 0.25) is 0 Å². The van der Waals surface area contributed by atoms with Gasteiger partial charge in [-0.05, 0) is 26.3 Å².